The Balaban J connectivity index is 1.66. The number of benzene rings is 3. The molecule has 0 bridgehead atoms. The van der Waals surface area contributed by atoms with Crippen LogP contribution in [0.5, 0.6) is 0 Å². The van der Waals surface area contributed by atoms with E-state index in [0.29, 0.717) is 25.1 Å². The van der Waals surface area contributed by atoms with Gasteiger partial charge in [0.15, 0.2) is 0 Å². The van der Waals surface area contributed by atoms with Gasteiger partial charge in [0.05, 0.1) is 10.6 Å². The predicted octanol–water partition coefficient (Wildman–Crippen LogP) is 5.35. The lowest BCUT2D eigenvalue weighted by atomic mass is 10.1. The number of carbonyl (C=O) groups excluding carboxylic acids is 2. The second-order valence-corrected chi connectivity index (χ2v) is 12.4. The van der Waals surface area contributed by atoms with Crippen molar-refractivity contribution < 1.29 is 18.0 Å². The summed E-state index contributed by atoms with van der Waals surface area (Å²) in [5.74, 6) is -0.584. The number of anilines is 1. The lowest BCUT2D eigenvalue weighted by Gasteiger charge is -2.33. The molecule has 1 N–H and O–H groups in total. The lowest BCUT2D eigenvalue weighted by Crippen LogP contribution is -2.54. The van der Waals surface area contributed by atoms with Crippen LogP contribution in [0.4, 0.5) is 5.69 Å². The van der Waals surface area contributed by atoms with Gasteiger partial charge in [0.2, 0.25) is 11.8 Å². The van der Waals surface area contributed by atoms with Gasteiger partial charge in [-0.2, -0.15) is 0 Å². The van der Waals surface area contributed by atoms with Gasteiger partial charge in [-0.15, -0.1) is 0 Å². The number of amides is 2. The van der Waals surface area contributed by atoms with Crippen LogP contribution < -0.4 is 9.62 Å². The van der Waals surface area contributed by atoms with E-state index in [2.05, 4.69) is 5.32 Å². The third-order valence-corrected chi connectivity index (χ3v) is 9.60. The minimum atomic E-state index is -4.06. The smallest absolute Gasteiger partial charge is 0.264 e. The number of hydrogen-bond donors (Lipinski definition) is 1. The van der Waals surface area contributed by atoms with Crippen LogP contribution >= 0.6 is 0 Å². The van der Waals surface area contributed by atoms with Crippen LogP contribution in [0.1, 0.15) is 57.1 Å². The molecule has 1 fully saturated rings. The first-order chi connectivity index (χ1) is 19.8. The van der Waals surface area contributed by atoms with Crippen LogP contribution in [0, 0.1) is 0 Å². The molecule has 3 aromatic rings. The van der Waals surface area contributed by atoms with Crippen molar-refractivity contribution in [1.29, 1.82) is 0 Å². The Hall–Kier alpha value is -3.65. The van der Waals surface area contributed by atoms with Gasteiger partial charge in [-0.25, -0.2) is 8.42 Å². The molecule has 0 radical (unpaired) electrons. The molecular formula is C33H41N3O4S. The van der Waals surface area contributed by atoms with Gasteiger partial charge in [-0.3, -0.25) is 13.9 Å². The van der Waals surface area contributed by atoms with Crippen molar-refractivity contribution in [2.75, 3.05) is 17.4 Å². The third-order valence-electron chi connectivity index (χ3n) is 7.81. The summed E-state index contributed by atoms with van der Waals surface area (Å²) in [6, 6.07) is 24.6. The molecule has 1 atom stereocenters. The highest BCUT2D eigenvalue weighted by molar-refractivity contribution is 7.92. The molecular weight excluding hydrogens is 534 g/mol. The average Bonchev–Trinajstić information content (AvgIpc) is 3.51. The van der Waals surface area contributed by atoms with E-state index >= 15 is 0 Å². The number of carbonyl (C=O) groups is 2. The van der Waals surface area contributed by atoms with E-state index in [1.807, 2.05) is 56.3 Å². The van der Waals surface area contributed by atoms with Crippen LogP contribution in [0.3, 0.4) is 0 Å². The van der Waals surface area contributed by atoms with Gasteiger partial charge in [-0.05, 0) is 67.5 Å². The van der Waals surface area contributed by atoms with Gasteiger partial charge in [0, 0.05) is 12.6 Å². The van der Waals surface area contributed by atoms with Crippen molar-refractivity contribution >= 4 is 27.5 Å². The topological polar surface area (TPSA) is 86.8 Å². The molecule has 41 heavy (non-hydrogen) atoms. The van der Waals surface area contributed by atoms with Crippen LogP contribution in [0.15, 0.2) is 89.8 Å². The monoisotopic (exact) mass is 575 g/mol. The molecule has 0 aromatic heterocycles. The maximum absolute atomic E-state index is 14.1. The van der Waals surface area contributed by atoms with Crippen molar-refractivity contribution in [3.05, 3.63) is 96.1 Å². The van der Waals surface area contributed by atoms with E-state index in [1.54, 1.807) is 35.2 Å². The quantitative estimate of drug-likeness (QED) is 0.298. The van der Waals surface area contributed by atoms with Gasteiger partial charge in [-0.1, -0.05) is 87.4 Å². The van der Waals surface area contributed by atoms with E-state index in [9.17, 15) is 18.0 Å². The SMILES string of the molecule is CCc1ccc(N(CC(=O)N(CCc2ccccc2)C(CC)C(=O)NC2CCCC2)S(=O)(=O)c2ccccc2)cc1. The largest absolute Gasteiger partial charge is 0.352 e. The summed E-state index contributed by atoms with van der Waals surface area (Å²) in [6.45, 7) is 3.81. The zero-order valence-electron chi connectivity index (χ0n) is 24.0. The second-order valence-electron chi connectivity index (χ2n) is 10.6. The molecule has 1 unspecified atom stereocenters. The van der Waals surface area contributed by atoms with Crippen LogP contribution in [-0.4, -0.2) is 50.3 Å². The molecule has 218 valence electrons. The van der Waals surface area contributed by atoms with Gasteiger partial charge in [0.1, 0.15) is 12.6 Å². The highest BCUT2D eigenvalue weighted by Gasteiger charge is 2.34. The van der Waals surface area contributed by atoms with Crippen molar-refractivity contribution in [2.24, 2.45) is 0 Å². The number of nitrogens with one attached hydrogen (secondary N) is 1. The van der Waals surface area contributed by atoms with E-state index in [0.717, 1.165) is 43.2 Å². The molecule has 0 saturated heterocycles. The first kappa shape index (κ1) is 30.3. The average molecular weight is 576 g/mol. The van der Waals surface area contributed by atoms with E-state index < -0.39 is 28.5 Å². The van der Waals surface area contributed by atoms with Crippen LogP contribution in [0.2, 0.25) is 0 Å². The summed E-state index contributed by atoms with van der Waals surface area (Å²) < 4.78 is 29.0. The summed E-state index contributed by atoms with van der Waals surface area (Å²) in [6.07, 6.45) is 5.84. The third kappa shape index (κ3) is 7.76. The van der Waals surface area contributed by atoms with Gasteiger partial charge < -0.3 is 10.2 Å². The minimum Gasteiger partial charge on any atom is -0.352 e. The van der Waals surface area contributed by atoms with Crippen molar-refractivity contribution in [2.45, 2.75) is 75.8 Å². The maximum Gasteiger partial charge on any atom is 0.264 e. The van der Waals surface area contributed by atoms with Crippen molar-refractivity contribution in [3.63, 3.8) is 0 Å². The summed E-state index contributed by atoms with van der Waals surface area (Å²) in [4.78, 5) is 29.3. The van der Waals surface area contributed by atoms with Gasteiger partial charge >= 0.3 is 0 Å². The highest BCUT2D eigenvalue weighted by Crippen LogP contribution is 2.25. The maximum atomic E-state index is 14.1. The number of hydrogen-bond acceptors (Lipinski definition) is 4. The minimum absolute atomic E-state index is 0.106. The molecule has 0 spiro atoms. The second kappa shape index (κ2) is 14.3. The zero-order chi connectivity index (χ0) is 29.2. The van der Waals surface area contributed by atoms with Gasteiger partial charge in [0.25, 0.3) is 10.0 Å². The normalized spacial score (nSPS) is 14.4. The standard InChI is InChI=1S/C33H41N3O4S/c1-3-26-19-21-29(22-20-26)36(41(39,40)30-17-9-6-10-18-30)25-32(37)35(24-23-27-13-7-5-8-14-27)31(4-2)33(38)34-28-15-11-12-16-28/h5-10,13-14,17-22,28,31H,3-4,11-12,15-16,23-25H2,1-2H3,(H,34,38). The Morgan fingerprint density at radius 2 is 1.46 bits per heavy atom. The Bertz CT molecular complexity index is 1370. The molecule has 4 rings (SSSR count). The molecule has 7 nitrogen and oxygen atoms in total. The Labute approximate surface area is 244 Å². The fourth-order valence-corrected chi connectivity index (χ4v) is 6.84. The van der Waals surface area contributed by atoms with E-state index in [1.165, 1.54) is 16.4 Å². The summed E-state index contributed by atoms with van der Waals surface area (Å²) in [5, 5.41) is 3.15. The number of aryl methyl sites for hydroxylation is 1. The molecule has 1 aliphatic carbocycles. The Morgan fingerprint density at radius 3 is 2.05 bits per heavy atom. The van der Waals surface area contributed by atoms with Crippen molar-refractivity contribution in [1.82, 2.24) is 10.2 Å². The predicted molar refractivity (Wildman–Crippen MR) is 163 cm³/mol. The van der Waals surface area contributed by atoms with E-state index in [-0.39, 0.29) is 16.8 Å². The Morgan fingerprint density at radius 1 is 0.854 bits per heavy atom. The molecule has 1 saturated carbocycles. The lowest BCUT2D eigenvalue weighted by molar-refractivity contribution is -0.139. The summed E-state index contributed by atoms with van der Waals surface area (Å²) >= 11 is 0. The highest BCUT2D eigenvalue weighted by atomic mass is 32.2. The molecule has 0 heterocycles. The molecule has 0 aliphatic heterocycles. The summed E-state index contributed by atoms with van der Waals surface area (Å²) in [7, 11) is -4.06. The fourth-order valence-electron chi connectivity index (χ4n) is 5.41. The molecule has 2 amide bonds. The number of sulfonamides is 1. The molecule has 3 aromatic carbocycles. The molecule has 8 heteroatoms. The van der Waals surface area contributed by atoms with Crippen LogP contribution in [-0.2, 0) is 32.5 Å². The van der Waals surface area contributed by atoms with Crippen LogP contribution in [0.25, 0.3) is 0 Å². The first-order valence-corrected chi connectivity index (χ1v) is 16.1. The summed E-state index contributed by atoms with van der Waals surface area (Å²) in [5.41, 5.74) is 2.52. The fraction of sp³-hybridized carbons (Fsp3) is 0.394. The number of rotatable bonds is 13. The Kier molecular flexibility index (Phi) is 10.6. The first-order valence-electron chi connectivity index (χ1n) is 14.6. The zero-order valence-corrected chi connectivity index (χ0v) is 24.9. The molecule has 1 aliphatic rings. The van der Waals surface area contributed by atoms with E-state index in [4.69, 9.17) is 0 Å². The van der Waals surface area contributed by atoms with Crippen molar-refractivity contribution in [3.8, 4) is 0 Å². The number of nitrogens with zero attached hydrogens (tertiary/aromatic N) is 2.